The molecule has 1 aromatic heterocycles. The molecule has 0 spiro atoms. The molecule has 0 aromatic carbocycles. The Morgan fingerprint density at radius 2 is 2.21 bits per heavy atom. The van der Waals surface area contributed by atoms with Gasteiger partial charge in [-0.25, -0.2) is 0 Å². The van der Waals surface area contributed by atoms with Crippen LogP contribution in [0.1, 0.15) is 51.4 Å². The summed E-state index contributed by atoms with van der Waals surface area (Å²) in [6.45, 7) is 7.01. The van der Waals surface area contributed by atoms with Gasteiger partial charge in [-0.3, -0.25) is 4.68 Å². The molecule has 4 nitrogen and oxygen atoms in total. The minimum absolute atomic E-state index is 0.102. The van der Waals surface area contributed by atoms with Crippen LogP contribution in [-0.2, 0) is 4.74 Å². The summed E-state index contributed by atoms with van der Waals surface area (Å²) in [5.41, 5.74) is 1.05. The molecule has 0 radical (unpaired) electrons. The van der Waals surface area contributed by atoms with E-state index in [9.17, 15) is 0 Å². The monoisotopic (exact) mass is 285 g/mol. The first kappa shape index (κ1) is 14.8. The average molecular weight is 286 g/mol. The van der Waals surface area contributed by atoms with Crippen molar-refractivity contribution in [3.05, 3.63) is 16.9 Å². The van der Waals surface area contributed by atoms with E-state index in [1.807, 2.05) is 18.7 Å². The molecule has 1 aliphatic rings. The first-order valence-electron chi connectivity index (χ1n) is 7.11. The van der Waals surface area contributed by atoms with Crippen molar-refractivity contribution in [3.63, 3.8) is 0 Å². The van der Waals surface area contributed by atoms with Crippen LogP contribution in [0, 0.1) is 5.92 Å². The van der Waals surface area contributed by atoms with Crippen LogP contribution in [0.25, 0.3) is 0 Å². The Kier molecular flexibility index (Phi) is 4.87. The van der Waals surface area contributed by atoms with Crippen molar-refractivity contribution in [3.8, 4) is 0 Å². The lowest BCUT2D eigenvalue weighted by Gasteiger charge is -2.28. The Morgan fingerprint density at radius 3 is 2.68 bits per heavy atom. The zero-order valence-corrected chi connectivity index (χ0v) is 12.9. The predicted octanol–water partition coefficient (Wildman–Crippen LogP) is 3.19. The molecule has 0 amide bonds. The Labute approximate surface area is 120 Å². The number of aromatic nitrogens is 2. The Morgan fingerprint density at radius 1 is 1.53 bits per heavy atom. The molecule has 108 valence electrons. The summed E-state index contributed by atoms with van der Waals surface area (Å²) >= 11 is 6.35. The number of halogens is 1. The highest BCUT2D eigenvalue weighted by Crippen LogP contribution is 2.41. The second-order valence-corrected chi connectivity index (χ2v) is 5.85. The van der Waals surface area contributed by atoms with Crippen LogP contribution in [0.4, 0.5) is 0 Å². The van der Waals surface area contributed by atoms with Crippen molar-refractivity contribution in [1.82, 2.24) is 15.1 Å². The molecule has 1 heterocycles. The molecule has 1 aromatic rings. The van der Waals surface area contributed by atoms with Crippen molar-refractivity contribution in [2.45, 2.75) is 51.8 Å². The lowest BCUT2D eigenvalue weighted by molar-refractivity contribution is 0.0181. The zero-order chi connectivity index (χ0) is 14.0. The maximum atomic E-state index is 6.35. The van der Waals surface area contributed by atoms with E-state index in [0.29, 0.717) is 12.0 Å². The molecule has 0 saturated heterocycles. The fourth-order valence-corrected chi connectivity index (χ4v) is 2.88. The molecule has 1 saturated carbocycles. The summed E-state index contributed by atoms with van der Waals surface area (Å²) < 4.78 is 7.97. The van der Waals surface area contributed by atoms with Crippen LogP contribution in [-0.4, -0.2) is 29.5 Å². The third kappa shape index (κ3) is 3.12. The summed E-state index contributed by atoms with van der Waals surface area (Å²) in [7, 11) is 1.97. The van der Waals surface area contributed by atoms with Gasteiger partial charge in [-0.15, -0.1) is 0 Å². The quantitative estimate of drug-likeness (QED) is 0.836. The van der Waals surface area contributed by atoms with Gasteiger partial charge in [0, 0.05) is 12.6 Å². The van der Waals surface area contributed by atoms with Crippen LogP contribution >= 0.6 is 11.6 Å². The van der Waals surface area contributed by atoms with E-state index in [4.69, 9.17) is 16.3 Å². The topological polar surface area (TPSA) is 39.1 Å². The molecule has 1 aliphatic carbocycles. The van der Waals surface area contributed by atoms with Crippen LogP contribution in [0.3, 0.4) is 0 Å². The van der Waals surface area contributed by atoms with Gasteiger partial charge in [0.1, 0.15) is 0 Å². The SMILES string of the molecule is CCOC(C1CC1)C(NC)c1c(Cl)cnn1C(C)C. The van der Waals surface area contributed by atoms with E-state index in [1.54, 1.807) is 6.20 Å². The maximum Gasteiger partial charge on any atom is 0.0835 e. The second-order valence-electron chi connectivity index (χ2n) is 5.44. The number of rotatable bonds is 7. The molecule has 5 heteroatoms. The predicted molar refractivity (Wildman–Crippen MR) is 77.6 cm³/mol. The van der Waals surface area contributed by atoms with Gasteiger partial charge in [-0.05, 0) is 46.6 Å². The van der Waals surface area contributed by atoms with Gasteiger partial charge >= 0.3 is 0 Å². The summed E-state index contributed by atoms with van der Waals surface area (Å²) in [6, 6.07) is 0.393. The van der Waals surface area contributed by atoms with E-state index < -0.39 is 0 Å². The highest BCUT2D eigenvalue weighted by Gasteiger charge is 2.39. The van der Waals surface area contributed by atoms with Gasteiger partial charge in [-0.1, -0.05) is 11.6 Å². The summed E-state index contributed by atoms with van der Waals surface area (Å²) in [6.07, 6.45) is 4.41. The van der Waals surface area contributed by atoms with E-state index in [0.717, 1.165) is 17.3 Å². The van der Waals surface area contributed by atoms with Crippen molar-refractivity contribution < 1.29 is 4.74 Å². The van der Waals surface area contributed by atoms with Crippen molar-refractivity contribution in [1.29, 1.82) is 0 Å². The lowest BCUT2D eigenvalue weighted by atomic mass is 10.0. The highest BCUT2D eigenvalue weighted by molar-refractivity contribution is 6.31. The lowest BCUT2D eigenvalue weighted by Crippen LogP contribution is -2.35. The minimum Gasteiger partial charge on any atom is -0.376 e. The minimum atomic E-state index is 0.102. The van der Waals surface area contributed by atoms with Crippen molar-refractivity contribution in [2.24, 2.45) is 5.92 Å². The van der Waals surface area contributed by atoms with Crippen LogP contribution < -0.4 is 5.32 Å². The number of nitrogens with zero attached hydrogens (tertiary/aromatic N) is 2. The molecular weight excluding hydrogens is 262 g/mol. The van der Waals surface area contributed by atoms with Gasteiger partial charge in [0.2, 0.25) is 0 Å². The largest absolute Gasteiger partial charge is 0.376 e. The number of hydrogen-bond donors (Lipinski definition) is 1. The normalized spacial score (nSPS) is 18.8. The van der Waals surface area contributed by atoms with Crippen LogP contribution in [0.15, 0.2) is 6.20 Å². The molecule has 1 N–H and O–H groups in total. The Balaban J connectivity index is 2.32. The molecule has 0 aliphatic heterocycles. The van der Waals surface area contributed by atoms with Gasteiger partial charge in [-0.2, -0.15) is 5.10 Å². The Hall–Kier alpha value is -0.580. The fraction of sp³-hybridized carbons (Fsp3) is 0.786. The van der Waals surface area contributed by atoms with E-state index in [2.05, 4.69) is 24.3 Å². The standard InChI is InChI=1S/C14H24ClN3O/c1-5-19-14(10-6-7-10)12(16-4)13-11(15)8-17-18(13)9(2)3/h8-10,12,14,16H,5-7H2,1-4H3. The highest BCUT2D eigenvalue weighted by atomic mass is 35.5. The second kappa shape index (κ2) is 6.25. The maximum absolute atomic E-state index is 6.35. The van der Waals surface area contributed by atoms with E-state index in [1.165, 1.54) is 12.8 Å². The summed E-state index contributed by atoms with van der Waals surface area (Å²) in [4.78, 5) is 0. The van der Waals surface area contributed by atoms with Crippen molar-refractivity contribution >= 4 is 11.6 Å². The first-order valence-corrected chi connectivity index (χ1v) is 7.49. The number of hydrogen-bond acceptors (Lipinski definition) is 3. The van der Waals surface area contributed by atoms with Gasteiger partial charge in [0.05, 0.1) is 29.1 Å². The van der Waals surface area contributed by atoms with Crippen LogP contribution in [0.2, 0.25) is 5.02 Å². The summed E-state index contributed by atoms with van der Waals surface area (Å²) in [5, 5.41) is 8.49. The summed E-state index contributed by atoms with van der Waals surface area (Å²) in [5.74, 6) is 0.643. The zero-order valence-electron chi connectivity index (χ0n) is 12.2. The van der Waals surface area contributed by atoms with Gasteiger partial charge in [0.25, 0.3) is 0 Å². The fourth-order valence-electron chi connectivity index (χ4n) is 2.63. The molecule has 19 heavy (non-hydrogen) atoms. The molecule has 1 fully saturated rings. The smallest absolute Gasteiger partial charge is 0.0835 e. The van der Waals surface area contributed by atoms with E-state index >= 15 is 0 Å². The van der Waals surface area contributed by atoms with Crippen molar-refractivity contribution in [2.75, 3.05) is 13.7 Å². The third-order valence-corrected chi connectivity index (χ3v) is 3.95. The number of nitrogens with one attached hydrogen (secondary N) is 1. The average Bonchev–Trinajstić information content (AvgIpc) is 3.14. The number of ether oxygens (including phenoxy) is 1. The van der Waals surface area contributed by atoms with Gasteiger partial charge in [0.15, 0.2) is 0 Å². The molecule has 0 bridgehead atoms. The Bertz CT molecular complexity index is 415. The molecule has 2 atom stereocenters. The van der Waals surface area contributed by atoms with E-state index in [-0.39, 0.29) is 12.1 Å². The van der Waals surface area contributed by atoms with Gasteiger partial charge < -0.3 is 10.1 Å². The first-order chi connectivity index (χ1) is 9.10. The third-order valence-electron chi connectivity index (χ3n) is 3.66. The molecule has 2 rings (SSSR count). The molecule has 2 unspecified atom stereocenters. The molecular formula is C14H24ClN3O. The van der Waals surface area contributed by atoms with Crippen LogP contribution in [0.5, 0.6) is 0 Å². The number of likely N-dealkylation sites (N-methyl/N-ethyl adjacent to an activating group) is 1.